The number of tetrazole rings is 1. The first-order chi connectivity index (χ1) is 13.9. The molecule has 0 saturated heterocycles. The fourth-order valence-corrected chi connectivity index (χ4v) is 2.76. The lowest BCUT2D eigenvalue weighted by atomic mass is 10.1. The van der Waals surface area contributed by atoms with Crippen molar-refractivity contribution < 1.29 is 9.59 Å². The molecule has 0 bridgehead atoms. The molecule has 0 unspecified atom stereocenters. The van der Waals surface area contributed by atoms with E-state index in [2.05, 4.69) is 31.5 Å². The number of aromatic nitrogens is 4. The molecule has 1 heterocycles. The van der Waals surface area contributed by atoms with Crippen LogP contribution < -0.4 is 16.0 Å². The summed E-state index contributed by atoms with van der Waals surface area (Å²) in [5.41, 5.74) is 2.62. The number of nitrogens with one attached hydrogen (secondary N) is 3. The molecule has 1 atom stereocenters. The summed E-state index contributed by atoms with van der Waals surface area (Å²) in [5.74, 6) is 0.164. The highest BCUT2D eigenvalue weighted by Gasteiger charge is 2.14. The minimum absolute atomic E-state index is 0.0773. The number of aryl methyl sites for hydroxylation is 2. The Morgan fingerprint density at radius 2 is 1.86 bits per heavy atom. The third-order valence-electron chi connectivity index (χ3n) is 4.41. The Balaban J connectivity index is 1.61. The highest BCUT2D eigenvalue weighted by Crippen LogP contribution is 2.18. The Hall–Kier alpha value is -3.59. The van der Waals surface area contributed by atoms with Crippen molar-refractivity contribution in [2.45, 2.75) is 19.9 Å². The van der Waals surface area contributed by atoms with Gasteiger partial charge in [-0.1, -0.05) is 24.3 Å². The van der Waals surface area contributed by atoms with Crippen LogP contribution >= 0.6 is 0 Å². The topological polar surface area (TPSA) is 114 Å². The first-order valence-electron chi connectivity index (χ1n) is 9.16. The van der Waals surface area contributed by atoms with Crippen LogP contribution in [0.4, 0.5) is 11.4 Å². The van der Waals surface area contributed by atoms with E-state index in [0.29, 0.717) is 22.8 Å². The average molecular weight is 393 g/mol. The summed E-state index contributed by atoms with van der Waals surface area (Å²) in [6.07, 6.45) is 0. The summed E-state index contributed by atoms with van der Waals surface area (Å²) in [5, 5.41) is 20.0. The Morgan fingerprint density at radius 3 is 2.55 bits per heavy atom. The minimum Gasteiger partial charge on any atom is -0.325 e. The standard InChI is InChI=1S/C20H23N7O2/c1-13-9-10-15(20(29)22-16-7-5-4-6-8-16)11-17(13)23-18(28)12-21-14(2)19-24-25-26-27(19)3/h4-11,14,21H,12H2,1-3H3,(H,22,29)(H,23,28)/t14-/m0/s1. The molecule has 150 valence electrons. The van der Waals surface area contributed by atoms with Crippen LogP contribution in [0.5, 0.6) is 0 Å². The Morgan fingerprint density at radius 1 is 1.10 bits per heavy atom. The van der Waals surface area contributed by atoms with Crippen molar-refractivity contribution in [3.05, 3.63) is 65.5 Å². The molecule has 3 rings (SSSR count). The van der Waals surface area contributed by atoms with Crippen molar-refractivity contribution in [1.82, 2.24) is 25.5 Å². The number of carbonyl (C=O) groups is 2. The number of rotatable bonds is 7. The molecule has 0 saturated carbocycles. The summed E-state index contributed by atoms with van der Waals surface area (Å²) < 4.78 is 1.55. The third kappa shape index (κ3) is 5.23. The molecule has 2 aromatic carbocycles. The molecular formula is C20H23N7O2. The second-order valence-corrected chi connectivity index (χ2v) is 6.66. The van der Waals surface area contributed by atoms with E-state index >= 15 is 0 Å². The smallest absolute Gasteiger partial charge is 0.255 e. The van der Waals surface area contributed by atoms with E-state index in [1.807, 2.05) is 44.2 Å². The first-order valence-corrected chi connectivity index (χ1v) is 9.16. The molecule has 0 aliphatic carbocycles. The normalized spacial score (nSPS) is 11.7. The summed E-state index contributed by atoms with van der Waals surface area (Å²) in [4.78, 5) is 24.8. The number of benzene rings is 2. The van der Waals surface area contributed by atoms with Crippen molar-refractivity contribution in [2.24, 2.45) is 7.05 Å². The number of para-hydroxylation sites is 1. The van der Waals surface area contributed by atoms with E-state index in [-0.39, 0.29) is 24.4 Å². The monoisotopic (exact) mass is 393 g/mol. The van der Waals surface area contributed by atoms with Crippen molar-refractivity contribution in [3.63, 3.8) is 0 Å². The molecule has 0 radical (unpaired) electrons. The maximum Gasteiger partial charge on any atom is 0.255 e. The molecule has 9 nitrogen and oxygen atoms in total. The first kappa shape index (κ1) is 20.2. The molecule has 0 fully saturated rings. The van der Waals surface area contributed by atoms with E-state index in [9.17, 15) is 9.59 Å². The van der Waals surface area contributed by atoms with Gasteiger partial charge >= 0.3 is 0 Å². The van der Waals surface area contributed by atoms with Gasteiger partial charge in [-0.05, 0) is 54.1 Å². The van der Waals surface area contributed by atoms with Gasteiger partial charge < -0.3 is 10.6 Å². The molecule has 2 amide bonds. The Labute approximate surface area is 168 Å². The number of anilines is 2. The van der Waals surface area contributed by atoms with Gasteiger partial charge in [0.25, 0.3) is 5.91 Å². The number of amides is 2. The van der Waals surface area contributed by atoms with Gasteiger partial charge in [-0.25, -0.2) is 4.68 Å². The van der Waals surface area contributed by atoms with E-state index in [1.54, 1.807) is 29.9 Å². The molecule has 29 heavy (non-hydrogen) atoms. The molecule has 0 aliphatic heterocycles. The van der Waals surface area contributed by atoms with Crippen LogP contribution in [0.25, 0.3) is 0 Å². The van der Waals surface area contributed by atoms with Gasteiger partial charge in [0.2, 0.25) is 5.91 Å². The van der Waals surface area contributed by atoms with Crippen molar-refractivity contribution in [1.29, 1.82) is 0 Å². The zero-order chi connectivity index (χ0) is 20.8. The zero-order valence-electron chi connectivity index (χ0n) is 16.5. The van der Waals surface area contributed by atoms with E-state index < -0.39 is 0 Å². The summed E-state index contributed by atoms with van der Waals surface area (Å²) >= 11 is 0. The predicted octanol–water partition coefficient (Wildman–Crippen LogP) is 2.06. The van der Waals surface area contributed by atoms with Crippen LogP contribution in [0.1, 0.15) is 34.7 Å². The quantitative estimate of drug-likeness (QED) is 0.566. The van der Waals surface area contributed by atoms with Gasteiger partial charge in [0.15, 0.2) is 5.82 Å². The molecule has 0 aliphatic rings. The Kier molecular flexibility index (Phi) is 6.30. The highest BCUT2D eigenvalue weighted by atomic mass is 16.2. The molecule has 9 heteroatoms. The average Bonchev–Trinajstić information content (AvgIpc) is 3.14. The van der Waals surface area contributed by atoms with E-state index in [0.717, 1.165) is 5.56 Å². The number of hydrogen-bond donors (Lipinski definition) is 3. The second-order valence-electron chi connectivity index (χ2n) is 6.66. The largest absolute Gasteiger partial charge is 0.325 e. The van der Waals surface area contributed by atoms with Crippen LogP contribution in [-0.2, 0) is 11.8 Å². The summed E-state index contributed by atoms with van der Waals surface area (Å²) in [6, 6.07) is 14.2. The van der Waals surface area contributed by atoms with Gasteiger partial charge in [0.1, 0.15) is 0 Å². The third-order valence-corrected chi connectivity index (χ3v) is 4.41. The summed E-state index contributed by atoms with van der Waals surface area (Å²) in [6.45, 7) is 3.82. The molecule has 1 aromatic heterocycles. The van der Waals surface area contributed by atoms with Gasteiger partial charge in [0, 0.05) is 24.0 Å². The maximum atomic E-state index is 12.5. The maximum absolute atomic E-state index is 12.5. The van der Waals surface area contributed by atoms with Gasteiger partial charge in [0.05, 0.1) is 12.6 Å². The lowest BCUT2D eigenvalue weighted by Crippen LogP contribution is -2.31. The molecule has 3 aromatic rings. The van der Waals surface area contributed by atoms with E-state index in [1.165, 1.54) is 0 Å². The predicted molar refractivity (Wildman–Crippen MR) is 109 cm³/mol. The zero-order valence-corrected chi connectivity index (χ0v) is 16.5. The van der Waals surface area contributed by atoms with Crippen molar-refractivity contribution in [3.8, 4) is 0 Å². The highest BCUT2D eigenvalue weighted by molar-refractivity contribution is 6.05. The van der Waals surface area contributed by atoms with Crippen LogP contribution in [0.2, 0.25) is 0 Å². The van der Waals surface area contributed by atoms with E-state index in [4.69, 9.17) is 0 Å². The lowest BCUT2D eigenvalue weighted by molar-refractivity contribution is -0.115. The molecule has 0 spiro atoms. The van der Waals surface area contributed by atoms with Crippen LogP contribution in [0.3, 0.4) is 0 Å². The van der Waals surface area contributed by atoms with Crippen LogP contribution in [0, 0.1) is 6.92 Å². The number of nitrogens with zero attached hydrogens (tertiary/aromatic N) is 4. The van der Waals surface area contributed by atoms with Gasteiger partial charge in [-0.3, -0.25) is 14.9 Å². The number of hydrogen-bond acceptors (Lipinski definition) is 6. The van der Waals surface area contributed by atoms with Crippen LogP contribution in [-0.4, -0.2) is 38.6 Å². The summed E-state index contributed by atoms with van der Waals surface area (Å²) in [7, 11) is 1.74. The fraction of sp³-hybridized carbons (Fsp3) is 0.250. The fourth-order valence-electron chi connectivity index (χ4n) is 2.76. The molecular weight excluding hydrogens is 370 g/mol. The SMILES string of the molecule is Cc1ccc(C(=O)Nc2ccccc2)cc1NC(=O)CN[C@@H](C)c1nnnn1C. The van der Waals surface area contributed by atoms with Crippen molar-refractivity contribution in [2.75, 3.05) is 17.2 Å². The minimum atomic E-state index is -0.242. The van der Waals surface area contributed by atoms with Crippen LogP contribution in [0.15, 0.2) is 48.5 Å². The van der Waals surface area contributed by atoms with Crippen molar-refractivity contribution >= 4 is 23.2 Å². The number of carbonyl (C=O) groups excluding carboxylic acids is 2. The lowest BCUT2D eigenvalue weighted by Gasteiger charge is -2.14. The second kappa shape index (κ2) is 9.07. The Bertz CT molecular complexity index is 1000. The molecule has 3 N–H and O–H groups in total. The van der Waals surface area contributed by atoms with Gasteiger partial charge in [-0.15, -0.1) is 5.10 Å². The van der Waals surface area contributed by atoms with Gasteiger partial charge in [-0.2, -0.15) is 0 Å².